The van der Waals surface area contributed by atoms with Crippen LogP contribution in [0.4, 0.5) is 0 Å². The van der Waals surface area contributed by atoms with Gasteiger partial charge in [-0.3, -0.25) is 0 Å². The molecule has 1 aliphatic carbocycles. The summed E-state index contributed by atoms with van der Waals surface area (Å²) in [6, 6.07) is 0. The smallest absolute Gasteiger partial charge is 0.252 e. The average Bonchev–Trinajstić information content (AvgIpc) is 2.86. The van der Waals surface area contributed by atoms with Gasteiger partial charge in [-0.25, -0.2) is 9.50 Å². The van der Waals surface area contributed by atoms with Crippen LogP contribution in [0.2, 0.25) is 0 Å². The third-order valence-corrected chi connectivity index (χ3v) is 3.95. The molecule has 2 heterocycles. The lowest BCUT2D eigenvalue weighted by Gasteiger charge is -2.36. The van der Waals surface area contributed by atoms with Gasteiger partial charge in [-0.15, -0.1) is 0 Å². The molecule has 0 spiro atoms. The predicted molar refractivity (Wildman–Crippen MR) is 64.6 cm³/mol. The minimum absolute atomic E-state index is 0.103. The molecular formula is C12H17N5. The van der Waals surface area contributed by atoms with Crippen molar-refractivity contribution >= 4 is 5.78 Å². The number of aromatic nitrogens is 4. The first-order chi connectivity index (χ1) is 8.34. The first-order valence-corrected chi connectivity index (χ1v) is 6.20. The van der Waals surface area contributed by atoms with E-state index in [9.17, 15) is 0 Å². The number of hydrogen-bond acceptors (Lipinski definition) is 4. The maximum atomic E-state index is 6.02. The minimum atomic E-state index is 0.103. The molecule has 5 heteroatoms. The van der Waals surface area contributed by atoms with Crippen LogP contribution in [0.1, 0.15) is 37.7 Å². The lowest BCUT2D eigenvalue weighted by molar-refractivity contribution is 0.299. The normalized spacial score (nSPS) is 19.6. The molecule has 2 aromatic rings. The molecule has 1 fully saturated rings. The zero-order chi connectivity index (χ0) is 11.7. The zero-order valence-corrected chi connectivity index (χ0v) is 9.84. The van der Waals surface area contributed by atoms with Crippen molar-refractivity contribution in [1.29, 1.82) is 0 Å². The Morgan fingerprint density at radius 1 is 1.24 bits per heavy atom. The molecule has 0 bridgehead atoms. The van der Waals surface area contributed by atoms with Gasteiger partial charge in [-0.2, -0.15) is 10.1 Å². The van der Waals surface area contributed by atoms with Crippen molar-refractivity contribution < 1.29 is 0 Å². The van der Waals surface area contributed by atoms with E-state index in [4.69, 9.17) is 5.73 Å². The molecule has 90 valence electrons. The highest BCUT2D eigenvalue weighted by Crippen LogP contribution is 2.38. The van der Waals surface area contributed by atoms with Crippen LogP contribution in [0.15, 0.2) is 18.7 Å². The van der Waals surface area contributed by atoms with Crippen LogP contribution >= 0.6 is 0 Å². The summed E-state index contributed by atoms with van der Waals surface area (Å²) in [4.78, 5) is 8.41. The number of fused-ring (bicyclic) bond motifs is 1. The maximum Gasteiger partial charge on any atom is 0.252 e. The van der Waals surface area contributed by atoms with Crippen molar-refractivity contribution in [2.24, 2.45) is 5.73 Å². The molecule has 0 unspecified atom stereocenters. The maximum absolute atomic E-state index is 6.02. The highest BCUT2D eigenvalue weighted by atomic mass is 15.3. The van der Waals surface area contributed by atoms with Gasteiger partial charge >= 0.3 is 0 Å². The Morgan fingerprint density at radius 2 is 2.06 bits per heavy atom. The van der Waals surface area contributed by atoms with Gasteiger partial charge in [-0.1, -0.05) is 19.3 Å². The summed E-state index contributed by atoms with van der Waals surface area (Å²) in [7, 11) is 0. The standard InChI is InChI=1S/C12H17N5/c13-8-12(4-2-1-3-5-12)10-6-14-11-15-9-16-17(11)7-10/h6-7,9H,1-5,8,13H2. The van der Waals surface area contributed by atoms with E-state index in [1.807, 2.05) is 12.4 Å². The van der Waals surface area contributed by atoms with Crippen molar-refractivity contribution in [1.82, 2.24) is 19.6 Å². The Hall–Kier alpha value is -1.49. The largest absolute Gasteiger partial charge is 0.330 e. The fraction of sp³-hybridized carbons (Fsp3) is 0.583. The van der Waals surface area contributed by atoms with Crippen molar-refractivity contribution in [2.75, 3.05) is 6.54 Å². The number of nitrogens with two attached hydrogens (primary N) is 1. The van der Waals surface area contributed by atoms with Gasteiger partial charge < -0.3 is 5.73 Å². The Balaban J connectivity index is 2.04. The SMILES string of the molecule is NCC1(c2cnc3ncnn3c2)CCCCC1. The van der Waals surface area contributed by atoms with E-state index in [1.54, 1.807) is 4.52 Å². The van der Waals surface area contributed by atoms with Crippen molar-refractivity contribution in [3.8, 4) is 0 Å². The Morgan fingerprint density at radius 3 is 2.82 bits per heavy atom. The molecular weight excluding hydrogens is 214 g/mol. The lowest BCUT2D eigenvalue weighted by atomic mass is 9.70. The number of rotatable bonds is 2. The summed E-state index contributed by atoms with van der Waals surface area (Å²) in [5.74, 6) is 0.650. The van der Waals surface area contributed by atoms with Gasteiger partial charge in [0.05, 0.1) is 0 Å². The molecule has 0 aromatic carbocycles. The molecule has 2 aromatic heterocycles. The molecule has 0 saturated heterocycles. The van der Waals surface area contributed by atoms with Crippen LogP contribution in [-0.2, 0) is 5.41 Å². The van der Waals surface area contributed by atoms with Crippen LogP contribution in [0.5, 0.6) is 0 Å². The minimum Gasteiger partial charge on any atom is -0.330 e. The van der Waals surface area contributed by atoms with Gasteiger partial charge in [0, 0.05) is 24.4 Å². The van der Waals surface area contributed by atoms with E-state index in [1.165, 1.54) is 31.2 Å². The Labute approximate surface area is 100 Å². The van der Waals surface area contributed by atoms with E-state index in [0.29, 0.717) is 12.3 Å². The third-order valence-electron chi connectivity index (χ3n) is 3.95. The quantitative estimate of drug-likeness (QED) is 0.845. The highest BCUT2D eigenvalue weighted by Gasteiger charge is 2.33. The summed E-state index contributed by atoms with van der Waals surface area (Å²) < 4.78 is 1.74. The van der Waals surface area contributed by atoms with Gasteiger partial charge in [-0.05, 0) is 18.4 Å². The molecule has 0 radical (unpaired) electrons. The van der Waals surface area contributed by atoms with Gasteiger partial charge in [0.2, 0.25) is 0 Å². The number of hydrogen-bond donors (Lipinski definition) is 1. The van der Waals surface area contributed by atoms with Crippen molar-refractivity contribution in [2.45, 2.75) is 37.5 Å². The third kappa shape index (κ3) is 1.70. The van der Waals surface area contributed by atoms with E-state index in [0.717, 1.165) is 12.8 Å². The van der Waals surface area contributed by atoms with E-state index >= 15 is 0 Å². The van der Waals surface area contributed by atoms with E-state index in [-0.39, 0.29) is 5.41 Å². The zero-order valence-electron chi connectivity index (χ0n) is 9.84. The fourth-order valence-electron chi connectivity index (χ4n) is 2.83. The average molecular weight is 231 g/mol. The summed E-state index contributed by atoms with van der Waals surface area (Å²) in [6.45, 7) is 0.689. The van der Waals surface area contributed by atoms with Crippen molar-refractivity contribution in [3.63, 3.8) is 0 Å². The van der Waals surface area contributed by atoms with Crippen LogP contribution < -0.4 is 5.73 Å². The summed E-state index contributed by atoms with van der Waals surface area (Å²) >= 11 is 0. The van der Waals surface area contributed by atoms with Crippen LogP contribution in [0.25, 0.3) is 5.78 Å². The first kappa shape index (κ1) is 10.7. The topological polar surface area (TPSA) is 69.1 Å². The molecule has 0 amide bonds. The second-order valence-corrected chi connectivity index (χ2v) is 4.89. The molecule has 0 atom stereocenters. The second-order valence-electron chi connectivity index (χ2n) is 4.89. The van der Waals surface area contributed by atoms with Gasteiger partial charge in [0.15, 0.2) is 0 Å². The monoisotopic (exact) mass is 231 g/mol. The van der Waals surface area contributed by atoms with Gasteiger partial charge in [0.1, 0.15) is 6.33 Å². The van der Waals surface area contributed by atoms with E-state index < -0.39 is 0 Å². The van der Waals surface area contributed by atoms with Gasteiger partial charge in [0.25, 0.3) is 5.78 Å². The molecule has 1 saturated carbocycles. The molecule has 0 aliphatic heterocycles. The van der Waals surface area contributed by atoms with E-state index in [2.05, 4.69) is 15.1 Å². The predicted octanol–water partition coefficient (Wildman–Crippen LogP) is 1.28. The molecule has 17 heavy (non-hydrogen) atoms. The van der Waals surface area contributed by atoms with Crippen LogP contribution in [0, 0.1) is 0 Å². The summed E-state index contributed by atoms with van der Waals surface area (Å²) in [5, 5.41) is 4.14. The Kier molecular flexibility index (Phi) is 2.55. The number of nitrogens with zero attached hydrogens (tertiary/aromatic N) is 4. The van der Waals surface area contributed by atoms with Crippen LogP contribution in [-0.4, -0.2) is 26.1 Å². The lowest BCUT2D eigenvalue weighted by Crippen LogP contribution is -2.37. The first-order valence-electron chi connectivity index (χ1n) is 6.20. The second kappa shape index (κ2) is 4.07. The van der Waals surface area contributed by atoms with Crippen LogP contribution in [0.3, 0.4) is 0 Å². The Bertz CT molecular complexity index is 512. The molecule has 2 N–H and O–H groups in total. The van der Waals surface area contributed by atoms with Crippen molar-refractivity contribution in [3.05, 3.63) is 24.3 Å². The molecule has 5 nitrogen and oxygen atoms in total. The molecule has 3 rings (SSSR count). The fourth-order valence-corrected chi connectivity index (χ4v) is 2.83. The molecule has 1 aliphatic rings. The highest BCUT2D eigenvalue weighted by molar-refractivity contribution is 5.30. The summed E-state index contributed by atoms with van der Waals surface area (Å²) in [5.41, 5.74) is 7.33. The summed E-state index contributed by atoms with van der Waals surface area (Å²) in [6.07, 6.45) is 11.6.